The zero-order valence-corrected chi connectivity index (χ0v) is 11.3. The smallest absolute Gasteiger partial charge is 0.254 e. The van der Waals surface area contributed by atoms with Gasteiger partial charge in [-0.2, -0.15) is 5.26 Å². The standard InChI is InChI=1S/C15H14FN3O2/c16-12-7-11(8-13(18)9-12)15(20)19(5-2-4-17)10-14-3-1-6-21-14/h1,3,6-9H,2,5,10,18H2. The minimum absolute atomic E-state index is 0.150. The molecule has 6 heteroatoms. The number of hydrogen-bond donors (Lipinski definition) is 1. The summed E-state index contributed by atoms with van der Waals surface area (Å²) in [6.45, 7) is 0.441. The molecule has 108 valence electrons. The first-order valence-corrected chi connectivity index (χ1v) is 6.35. The van der Waals surface area contributed by atoms with E-state index < -0.39 is 11.7 Å². The topological polar surface area (TPSA) is 83.3 Å². The summed E-state index contributed by atoms with van der Waals surface area (Å²) in [5.41, 5.74) is 5.88. The first-order chi connectivity index (χ1) is 10.1. The van der Waals surface area contributed by atoms with Crippen LogP contribution in [0.1, 0.15) is 22.5 Å². The molecule has 0 saturated heterocycles. The molecule has 0 atom stereocenters. The molecule has 1 aromatic heterocycles. The summed E-state index contributed by atoms with van der Waals surface area (Å²) in [5, 5.41) is 8.69. The normalized spacial score (nSPS) is 10.1. The van der Waals surface area contributed by atoms with E-state index in [9.17, 15) is 9.18 Å². The van der Waals surface area contributed by atoms with Crippen LogP contribution in [0.4, 0.5) is 10.1 Å². The minimum atomic E-state index is -0.573. The Morgan fingerprint density at radius 3 is 2.86 bits per heavy atom. The highest BCUT2D eigenvalue weighted by Crippen LogP contribution is 2.15. The van der Waals surface area contributed by atoms with Gasteiger partial charge in [0.2, 0.25) is 0 Å². The van der Waals surface area contributed by atoms with E-state index in [-0.39, 0.29) is 30.8 Å². The highest BCUT2D eigenvalue weighted by Gasteiger charge is 2.18. The third kappa shape index (κ3) is 3.83. The number of carbonyl (C=O) groups excluding carboxylic acids is 1. The van der Waals surface area contributed by atoms with Crippen LogP contribution in [0.5, 0.6) is 0 Å². The molecule has 0 spiro atoms. The zero-order valence-electron chi connectivity index (χ0n) is 11.3. The molecule has 1 amide bonds. The number of nitrogens with zero attached hydrogens (tertiary/aromatic N) is 2. The molecular weight excluding hydrogens is 273 g/mol. The van der Waals surface area contributed by atoms with Crippen LogP contribution in [0, 0.1) is 17.1 Å². The molecule has 0 aliphatic heterocycles. The Morgan fingerprint density at radius 2 is 2.24 bits per heavy atom. The average molecular weight is 287 g/mol. The van der Waals surface area contributed by atoms with E-state index in [1.54, 1.807) is 12.1 Å². The van der Waals surface area contributed by atoms with Crippen molar-refractivity contribution in [2.75, 3.05) is 12.3 Å². The van der Waals surface area contributed by atoms with Crippen LogP contribution in [0.25, 0.3) is 0 Å². The fraction of sp³-hybridized carbons (Fsp3) is 0.200. The fourth-order valence-corrected chi connectivity index (χ4v) is 1.95. The molecule has 1 heterocycles. The van der Waals surface area contributed by atoms with E-state index in [2.05, 4.69) is 0 Å². The summed E-state index contributed by atoms with van der Waals surface area (Å²) in [6.07, 6.45) is 1.68. The number of halogens is 1. The number of nitriles is 1. The van der Waals surface area contributed by atoms with Crippen molar-refractivity contribution in [3.05, 3.63) is 53.7 Å². The van der Waals surface area contributed by atoms with E-state index in [1.165, 1.54) is 17.2 Å². The molecule has 0 saturated carbocycles. The molecular formula is C15H14FN3O2. The second-order valence-electron chi connectivity index (χ2n) is 4.49. The van der Waals surface area contributed by atoms with Gasteiger partial charge >= 0.3 is 0 Å². The summed E-state index contributed by atoms with van der Waals surface area (Å²) in [6, 6.07) is 9.10. The number of furan rings is 1. The largest absolute Gasteiger partial charge is 0.467 e. The van der Waals surface area contributed by atoms with Gasteiger partial charge in [-0.1, -0.05) is 0 Å². The molecule has 0 aliphatic carbocycles. The summed E-state index contributed by atoms with van der Waals surface area (Å²) in [7, 11) is 0. The van der Waals surface area contributed by atoms with Crippen molar-refractivity contribution in [3.63, 3.8) is 0 Å². The monoisotopic (exact) mass is 287 g/mol. The fourth-order valence-electron chi connectivity index (χ4n) is 1.95. The molecule has 21 heavy (non-hydrogen) atoms. The number of anilines is 1. The van der Waals surface area contributed by atoms with Gasteiger partial charge in [0.1, 0.15) is 11.6 Å². The number of nitrogens with two attached hydrogens (primary N) is 1. The van der Waals surface area contributed by atoms with Crippen LogP contribution in [-0.4, -0.2) is 17.4 Å². The number of hydrogen-bond acceptors (Lipinski definition) is 4. The number of carbonyl (C=O) groups is 1. The Hall–Kier alpha value is -2.81. The van der Waals surface area contributed by atoms with Gasteiger partial charge in [0.25, 0.3) is 5.91 Å². The quantitative estimate of drug-likeness (QED) is 0.857. The maximum absolute atomic E-state index is 13.4. The van der Waals surface area contributed by atoms with Crippen molar-refractivity contribution in [1.29, 1.82) is 5.26 Å². The van der Waals surface area contributed by atoms with E-state index >= 15 is 0 Å². The third-order valence-electron chi connectivity index (χ3n) is 2.87. The van der Waals surface area contributed by atoms with Gasteiger partial charge in [0, 0.05) is 17.8 Å². The minimum Gasteiger partial charge on any atom is -0.467 e. The van der Waals surface area contributed by atoms with Crippen LogP contribution in [0.3, 0.4) is 0 Å². The maximum Gasteiger partial charge on any atom is 0.254 e. The van der Waals surface area contributed by atoms with Crippen LogP contribution in [0.2, 0.25) is 0 Å². The second kappa shape index (κ2) is 6.57. The Kier molecular flexibility index (Phi) is 4.57. The zero-order chi connectivity index (χ0) is 15.2. The third-order valence-corrected chi connectivity index (χ3v) is 2.87. The van der Waals surface area contributed by atoms with E-state index in [0.29, 0.717) is 5.76 Å². The maximum atomic E-state index is 13.4. The molecule has 0 fully saturated rings. The van der Waals surface area contributed by atoms with Crippen LogP contribution < -0.4 is 5.73 Å². The van der Waals surface area contributed by atoms with Gasteiger partial charge < -0.3 is 15.1 Å². The van der Waals surface area contributed by atoms with Crippen LogP contribution >= 0.6 is 0 Å². The molecule has 0 bridgehead atoms. The van der Waals surface area contributed by atoms with Gasteiger partial charge in [-0.3, -0.25) is 4.79 Å². The predicted octanol–water partition coefficient (Wildman–Crippen LogP) is 2.56. The Balaban J connectivity index is 2.22. The van der Waals surface area contributed by atoms with Gasteiger partial charge in [0.15, 0.2) is 0 Å². The first-order valence-electron chi connectivity index (χ1n) is 6.35. The van der Waals surface area contributed by atoms with Crippen molar-refractivity contribution < 1.29 is 13.6 Å². The van der Waals surface area contributed by atoms with Crippen molar-refractivity contribution in [3.8, 4) is 6.07 Å². The van der Waals surface area contributed by atoms with Gasteiger partial charge in [-0.25, -0.2) is 4.39 Å². The first kappa shape index (κ1) is 14.6. The highest BCUT2D eigenvalue weighted by atomic mass is 19.1. The molecule has 5 nitrogen and oxygen atoms in total. The number of rotatable bonds is 5. The highest BCUT2D eigenvalue weighted by molar-refractivity contribution is 5.95. The van der Waals surface area contributed by atoms with Crippen molar-refractivity contribution in [2.45, 2.75) is 13.0 Å². The molecule has 0 radical (unpaired) electrons. The summed E-state index contributed by atoms with van der Waals surface area (Å²) < 4.78 is 18.6. The molecule has 2 rings (SSSR count). The second-order valence-corrected chi connectivity index (χ2v) is 4.49. The molecule has 0 unspecified atom stereocenters. The lowest BCUT2D eigenvalue weighted by atomic mass is 10.1. The lowest BCUT2D eigenvalue weighted by Crippen LogP contribution is -2.31. The van der Waals surface area contributed by atoms with Crippen molar-refractivity contribution in [2.24, 2.45) is 0 Å². The lowest BCUT2D eigenvalue weighted by molar-refractivity contribution is 0.0735. The van der Waals surface area contributed by atoms with Crippen LogP contribution in [-0.2, 0) is 6.54 Å². The van der Waals surface area contributed by atoms with Crippen LogP contribution in [0.15, 0.2) is 41.0 Å². The van der Waals surface area contributed by atoms with Crippen molar-refractivity contribution >= 4 is 11.6 Å². The molecule has 2 aromatic rings. The number of amides is 1. The molecule has 1 aromatic carbocycles. The van der Waals surface area contributed by atoms with E-state index in [4.69, 9.17) is 15.4 Å². The van der Waals surface area contributed by atoms with E-state index in [1.807, 2.05) is 6.07 Å². The van der Waals surface area contributed by atoms with Gasteiger partial charge in [-0.15, -0.1) is 0 Å². The summed E-state index contributed by atoms with van der Waals surface area (Å²) >= 11 is 0. The Morgan fingerprint density at radius 1 is 1.43 bits per heavy atom. The lowest BCUT2D eigenvalue weighted by Gasteiger charge is -2.20. The summed E-state index contributed by atoms with van der Waals surface area (Å²) in [5.74, 6) is -0.380. The van der Waals surface area contributed by atoms with Gasteiger partial charge in [-0.05, 0) is 30.3 Å². The Bertz CT molecular complexity index is 642. The predicted molar refractivity (Wildman–Crippen MR) is 74.5 cm³/mol. The number of benzene rings is 1. The average Bonchev–Trinajstić information content (AvgIpc) is 2.94. The van der Waals surface area contributed by atoms with Crippen molar-refractivity contribution in [1.82, 2.24) is 4.90 Å². The van der Waals surface area contributed by atoms with Gasteiger partial charge in [0.05, 0.1) is 25.3 Å². The molecule has 2 N–H and O–H groups in total. The number of nitrogen functional groups attached to an aromatic ring is 1. The Labute approximate surface area is 121 Å². The SMILES string of the molecule is N#CCCN(Cc1ccco1)C(=O)c1cc(N)cc(F)c1. The van der Waals surface area contributed by atoms with E-state index in [0.717, 1.165) is 12.1 Å². The summed E-state index contributed by atoms with van der Waals surface area (Å²) in [4.78, 5) is 13.9. The molecule has 0 aliphatic rings.